The first-order valence-corrected chi connectivity index (χ1v) is 10.6. The van der Waals surface area contributed by atoms with Gasteiger partial charge in [-0.3, -0.25) is 14.6 Å². The van der Waals surface area contributed by atoms with Crippen LogP contribution in [0.2, 0.25) is 5.02 Å². The van der Waals surface area contributed by atoms with Gasteiger partial charge < -0.3 is 20.5 Å². The number of nitrogens with zero attached hydrogens (tertiary/aromatic N) is 3. The van der Waals surface area contributed by atoms with Crippen molar-refractivity contribution in [3.8, 4) is 22.9 Å². The maximum absolute atomic E-state index is 13.3. The highest BCUT2D eigenvalue weighted by atomic mass is 35.5. The molecule has 1 unspecified atom stereocenters. The molecule has 186 valence electrons. The van der Waals surface area contributed by atoms with Gasteiger partial charge in [-0.25, -0.2) is 0 Å². The van der Waals surface area contributed by atoms with Gasteiger partial charge in [0.15, 0.2) is 0 Å². The smallest absolute Gasteiger partial charge is 0.433 e. The van der Waals surface area contributed by atoms with Crippen molar-refractivity contribution in [1.29, 1.82) is 5.26 Å². The number of hydrogen-bond donors (Lipinski definition) is 2. The summed E-state index contributed by atoms with van der Waals surface area (Å²) in [6.07, 6.45) is -3.85. The molecule has 0 fully saturated rings. The minimum atomic E-state index is -4.74. The van der Waals surface area contributed by atoms with E-state index in [0.29, 0.717) is 11.8 Å². The van der Waals surface area contributed by atoms with Gasteiger partial charge in [-0.05, 0) is 36.4 Å². The summed E-state index contributed by atoms with van der Waals surface area (Å²) >= 11 is 6.25. The average Bonchev–Trinajstić information content (AvgIpc) is 2.85. The molecule has 1 aromatic heterocycles. The summed E-state index contributed by atoms with van der Waals surface area (Å²) in [5.41, 5.74) is 4.52. The molecule has 1 heterocycles. The Morgan fingerprint density at radius 3 is 2.56 bits per heavy atom. The summed E-state index contributed by atoms with van der Waals surface area (Å²) in [4.78, 5) is 28.9. The van der Waals surface area contributed by atoms with Crippen LogP contribution in [-0.4, -0.2) is 41.7 Å². The van der Waals surface area contributed by atoms with Gasteiger partial charge in [0.25, 0.3) is 5.91 Å². The molecule has 0 radical (unpaired) electrons. The number of carbonyl (C=O) groups excluding carboxylic acids is 1. The monoisotopic (exact) mass is 518 g/mol. The summed E-state index contributed by atoms with van der Waals surface area (Å²) in [6, 6.07) is 11.6. The number of halogens is 4. The number of rotatable bonds is 7. The van der Waals surface area contributed by atoms with Crippen molar-refractivity contribution in [2.45, 2.75) is 12.2 Å². The maximum atomic E-state index is 13.3. The molecule has 3 N–H and O–H groups in total. The Balaban J connectivity index is 1.96. The standard InChI is InChI=1S/C24H18ClF3N4O4/c1-32(19-4-2-3-5-20(19)36-12-18(30)23(34)35)22(33)13-6-7-17(25)15(8-13)16-11-31-21(24(26,27)28)9-14(16)10-29/h2-9,11,18H,12,30H2,1H3,(H,34,35). The number of para-hydroxylation sites is 2. The van der Waals surface area contributed by atoms with Crippen molar-refractivity contribution >= 4 is 29.2 Å². The van der Waals surface area contributed by atoms with Gasteiger partial charge in [0.2, 0.25) is 0 Å². The topological polar surface area (TPSA) is 130 Å². The summed E-state index contributed by atoms with van der Waals surface area (Å²) in [7, 11) is 1.45. The highest BCUT2D eigenvalue weighted by Crippen LogP contribution is 2.35. The molecule has 8 nitrogen and oxygen atoms in total. The highest BCUT2D eigenvalue weighted by Gasteiger charge is 2.33. The number of carboxylic acids is 1. The first kappa shape index (κ1) is 26.5. The van der Waals surface area contributed by atoms with Gasteiger partial charge in [-0.2, -0.15) is 18.4 Å². The lowest BCUT2D eigenvalue weighted by Crippen LogP contribution is -2.36. The molecule has 0 aliphatic rings. The Hall–Kier alpha value is -4.14. The number of ether oxygens (including phenoxy) is 1. The van der Waals surface area contributed by atoms with E-state index in [-0.39, 0.29) is 39.6 Å². The number of aromatic nitrogens is 1. The number of carbonyl (C=O) groups is 2. The number of anilines is 1. The fourth-order valence-electron chi connectivity index (χ4n) is 3.19. The first-order valence-electron chi connectivity index (χ1n) is 10.2. The zero-order valence-electron chi connectivity index (χ0n) is 18.6. The molecule has 0 aliphatic heterocycles. The number of amides is 1. The van der Waals surface area contributed by atoms with Gasteiger partial charge in [-0.1, -0.05) is 23.7 Å². The van der Waals surface area contributed by atoms with Crippen molar-refractivity contribution in [2.75, 3.05) is 18.6 Å². The molecule has 0 bridgehead atoms. The number of carboxylic acid groups (broad SMARTS) is 1. The van der Waals surface area contributed by atoms with Crippen molar-refractivity contribution in [1.82, 2.24) is 4.98 Å². The van der Waals surface area contributed by atoms with E-state index >= 15 is 0 Å². The normalized spacial score (nSPS) is 11.9. The van der Waals surface area contributed by atoms with Gasteiger partial charge >= 0.3 is 12.1 Å². The van der Waals surface area contributed by atoms with Crippen molar-refractivity contribution in [3.63, 3.8) is 0 Å². The molecule has 1 amide bonds. The van der Waals surface area contributed by atoms with Gasteiger partial charge in [0.1, 0.15) is 24.1 Å². The third-order valence-corrected chi connectivity index (χ3v) is 5.41. The summed E-state index contributed by atoms with van der Waals surface area (Å²) in [5, 5.41) is 18.5. The SMILES string of the molecule is CN(C(=O)c1ccc(Cl)c(-c2cnc(C(F)(F)F)cc2C#N)c1)c1ccccc1OCC(N)C(=O)O. The molecule has 3 aromatic rings. The van der Waals surface area contributed by atoms with Crippen molar-refractivity contribution < 1.29 is 32.6 Å². The molecular formula is C24H18ClF3N4O4. The minimum Gasteiger partial charge on any atom is -0.489 e. The number of nitrogens with two attached hydrogens (primary N) is 1. The molecule has 12 heteroatoms. The lowest BCUT2D eigenvalue weighted by molar-refractivity contribution is -0.141. The number of aliphatic carboxylic acids is 1. The maximum Gasteiger partial charge on any atom is 0.433 e. The van der Waals surface area contributed by atoms with E-state index in [0.717, 1.165) is 6.20 Å². The Bertz CT molecular complexity index is 1360. The Morgan fingerprint density at radius 1 is 1.22 bits per heavy atom. The van der Waals surface area contributed by atoms with E-state index < -0.39 is 29.8 Å². The number of benzene rings is 2. The third-order valence-electron chi connectivity index (χ3n) is 5.09. The molecule has 0 aliphatic carbocycles. The van der Waals surface area contributed by atoms with Gasteiger partial charge in [0, 0.05) is 35.0 Å². The molecule has 0 saturated carbocycles. The largest absolute Gasteiger partial charge is 0.489 e. The second kappa shape index (κ2) is 10.6. The van der Waals surface area contributed by atoms with Crippen LogP contribution in [0.25, 0.3) is 11.1 Å². The minimum absolute atomic E-state index is 0.0270. The van der Waals surface area contributed by atoms with Gasteiger partial charge in [0.05, 0.1) is 17.3 Å². The fourth-order valence-corrected chi connectivity index (χ4v) is 3.41. The molecule has 3 rings (SSSR count). The quantitative estimate of drug-likeness (QED) is 0.475. The third kappa shape index (κ3) is 5.73. The van der Waals surface area contributed by atoms with Crippen LogP contribution in [0.5, 0.6) is 5.75 Å². The Labute approximate surface area is 208 Å². The lowest BCUT2D eigenvalue weighted by atomic mass is 9.99. The number of alkyl halides is 3. The van der Waals surface area contributed by atoms with Crippen LogP contribution in [0.3, 0.4) is 0 Å². The molecule has 1 atom stereocenters. The highest BCUT2D eigenvalue weighted by molar-refractivity contribution is 6.33. The average molecular weight is 519 g/mol. The van der Waals surface area contributed by atoms with Crippen LogP contribution >= 0.6 is 11.6 Å². The first-order chi connectivity index (χ1) is 16.9. The van der Waals surface area contributed by atoms with E-state index in [9.17, 15) is 28.0 Å². The summed E-state index contributed by atoms with van der Waals surface area (Å²) in [6.45, 7) is -0.336. The number of hydrogen-bond acceptors (Lipinski definition) is 6. The second-order valence-electron chi connectivity index (χ2n) is 7.51. The van der Waals surface area contributed by atoms with Crippen molar-refractivity contribution in [3.05, 3.63) is 76.6 Å². The lowest BCUT2D eigenvalue weighted by Gasteiger charge is -2.22. The number of pyridine rings is 1. The fraction of sp³-hybridized carbons (Fsp3) is 0.167. The molecule has 36 heavy (non-hydrogen) atoms. The van der Waals surface area contributed by atoms with E-state index in [1.165, 1.54) is 36.2 Å². The Morgan fingerprint density at radius 2 is 1.92 bits per heavy atom. The zero-order valence-corrected chi connectivity index (χ0v) is 19.3. The van der Waals surface area contributed by atoms with Crippen molar-refractivity contribution in [2.24, 2.45) is 5.73 Å². The molecule has 0 saturated heterocycles. The molecule has 0 spiro atoms. The van der Waals surface area contributed by atoms with E-state index in [2.05, 4.69) is 4.98 Å². The van der Waals surface area contributed by atoms with E-state index in [1.807, 2.05) is 0 Å². The van der Waals surface area contributed by atoms with Crippen LogP contribution in [0.4, 0.5) is 18.9 Å². The predicted molar refractivity (Wildman–Crippen MR) is 125 cm³/mol. The Kier molecular flexibility index (Phi) is 7.82. The van der Waals surface area contributed by atoms with Crippen LogP contribution in [0.1, 0.15) is 21.6 Å². The van der Waals surface area contributed by atoms with Crippen LogP contribution in [0.15, 0.2) is 54.7 Å². The molecule has 2 aromatic carbocycles. The predicted octanol–water partition coefficient (Wildman–Crippen LogP) is 4.36. The van der Waals surface area contributed by atoms with Crippen LogP contribution in [0, 0.1) is 11.3 Å². The summed E-state index contributed by atoms with van der Waals surface area (Å²) in [5.74, 6) is -1.58. The zero-order chi connectivity index (χ0) is 26.6. The van der Waals surface area contributed by atoms with Crippen LogP contribution < -0.4 is 15.4 Å². The summed E-state index contributed by atoms with van der Waals surface area (Å²) < 4.78 is 44.5. The number of nitriles is 1. The molecular weight excluding hydrogens is 501 g/mol. The van der Waals surface area contributed by atoms with E-state index in [4.69, 9.17) is 27.2 Å². The van der Waals surface area contributed by atoms with E-state index in [1.54, 1.807) is 24.3 Å². The van der Waals surface area contributed by atoms with Gasteiger partial charge in [-0.15, -0.1) is 0 Å². The van der Waals surface area contributed by atoms with Crippen LogP contribution in [-0.2, 0) is 11.0 Å². The second-order valence-corrected chi connectivity index (χ2v) is 7.91.